The molecule has 0 aliphatic carbocycles. The van der Waals surface area contributed by atoms with Gasteiger partial charge in [0.05, 0.1) is 0 Å². The van der Waals surface area contributed by atoms with Gasteiger partial charge in [0.25, 0.3) is 0 Å². The third-order valence-electron chi connectivity index (χ3n) is 3.01. The molecule has 1 atom stereocenters. The summed E-state index contributed by atoms with van der Waals surface area (Å²) >= 11 is 0. The van der Waals surface area contributed by atoms with Gasteiger partial charge in [0, 0.05) is 32.2 Å². The van der Waals surface area contributed by atoms with Crippen molar-refractivity contribution in [1.82, 2.24) is 10.2 Å². The van der Waals surface area contributed by atoms with Crippen molar-refractivity contribution in [3.8, 4) is 5.75 Å². The molecule has 0 radical (unpaired) electrons. The normalized spacial score (nSPS) is 20.1. The first-order valence-corrected chi connectivity index (χ1v) is 6.13. The van der Waals surface area contributed by atoms with Crippen molar-refractivity contribution in [2.24, 2.45) is 0 Å². The molecule has 1 saturated heterocycles. The number of benzene rings is 1. The Kier molecular flexibility index (Phi) is 6.48. The predicted molar refractivity (Wildman–Crippen MR) is 73.1 cm³/mol. The number of hydrogen-bond acceptors (Lipinski definition) is 3. The fourth-order valence-corrected chi connectivity index (χ4v) is 2.19. The van der Waals surface area contributed by atoms with Gasteiger partial charge >= 0.3 is 6.61 Å². The topological polar surface area (TPSA) is 24.5 Å². The van der Waals surface area contributed by atoms with E-state index in [1.54, 1.807) is 12.1 Å². The van der Waals surface area contributed by atoms with Crippen LogP contribution in [-0.4, -0.2) is 37.2 Å². The molecule has 0 saturated carbocycles. The lowest BCUT2D eigenvalue weighted by atomic mass is 10.1. The Morgan fingerprint density at radius 1 is 1.37 bits per heavy atom. The van der Waals surface area contributed by atoms with Crippen LogP contribution in [-0.2, 0) is 6.54 Å². The monoisotopic (exact) mass is 292 g/mol. The molecule has 0 bridgehead atoms. The van der Waals surface area contributed by atoms with Gasteiger partial charge in [-0.15, -0.1) is 12.4 Å². The van der Waals surface area contributed by atoms with Crippen LogP contribution in [0.5, 0.6) is 5.75 Å². The minimum Gasteiger partial charge on any atom is -0.435 e. The second-order valence-corrected chi connectivity index (χ2v) is 4.61. The van der Waals surface area contributed by atoms with E-state index in [4.69, 9.17) is 0 Å². The summed E-state index contributed by atoms with van der Waals surface area (Å²) in [6.45, 7) is 3.26. The molecule has 108 valence electrons. The van der Waals surface area contributed by atoms with Crippen molar-refractivity contribution in [3.63, 3.8) is 0 Å². The van der Waals surface area contributed by atoms with Gasteiger partial charge in [-0.2, -0.15) is 8.78 Å². The largest absolute Gasteiger partial charge is 0.435 e. The van der Waals surface area contributed by atoms with Crippen LogP contribution in [0.2, 0.25) is 0 Å². The van der Waals surface area contributed by atoms with Crippen molar-refractivity contribution in [2.45, 2.75) is 26.1 Å². The van der Waals surface area contributed by atoms with Crippen molar-refractivity contribution in [3.05, 3.63) is 29.8 Å². The first kappa shape index (κ1) is 16.1. The van der Waals surface area contributed by atoms with E-state index in [-0.39, 0.29) is 18.2 Å². The summed E-state index contributed by atoms with van der Waals surface area (Å²) in [6.07, 6.45) is 0. The molecule has 0 amide bonds. The quantitative estimate of drug-likeness (QED) is 0.923. The number of hydrogen-bond donors (Lipinski definition) is 1. The molecule has 6 heteroatoms. The summed E-state index contributed by atoms with van der Waals surface area (Å²) in [4.78, 5) is 2.35. The van der Waals surface area contributed by atoms with Gasteiger partial charge in [0.1, 0.15) is 5.75 Å². The second-order valence-electron chi connectivity index (χ2n) is 4.61. The maximum atomic E-state index is 12.0. The number of piperazine rings is 1. The Morgan fingerprint density at radius 3 is 2.63 bits per heavy atom. The number of ether oxygens (including phenoxy) is 1. The molecular weight excluding hydrogens is 274 g/mol. The van der Waals surface area contributed by atoms with Crippen LogP contribution in [0.1, 0.15) is 12.5 Å². The Hall–Kier alpha value is -0.910. The number of rotatable bonds is 4. The van der Waals surface area contributed by atoms with Crippen molar-refractivity contribution in [1.29, 1.82) is 0 Å². The lowest BCUT2D eigenvalue weighted by Crippen LogP contribution is -2.48. The van der Waals surface area contributed by atoms with E-state index in [1.807, 2.05) is 12.1 Å². The van der Waals surface area contributed by atoms with Crippen molar-refractivity contribution < 1.29 is 13.5 Å². The first-order chi connectivity index (χ1) is 8.63. The summed E-state index contributed by atoms with van der Waals surface area (Å²) in [5.74, 6) is 0.211. The van der Waals surface area contributed by atoms with Crippen LogP contribution in [0.15, 0.2) is 24.3 Å². The highest BCUT2D eigenvalue weighted by Gasteiger charge is 2.15. The van der Waals surface area contributed by atoms with E-state index in [1.165, 1.54) is 0 Å². The molecule has 1 aliphatic rings. The number of alkyl halides is 2. The van der Waals surface area contributed by atoms with Crippen molar-refractivity contribution >= 4 is 12.4 Å². The van der Waals surface area contributed by atoms with Gasteiger partial charge in [-0.25, -0.2) is 0 Å². The third kappa shape index (κ3) is 5.30. The first-order valence-electron chi connectivity index (χ1n) is 6.13. The molecule has 1 N–H and O–H groups in total. The zero-order valence-electron chi connectivity index (χ0n) is 10.8. The van der Waals surface area contributed by atoms with Gasteiger partial charge in [-0.05, 0) is 24.6 Å². The Morgan fingerprint density at radius 2 is 2.05 bits per heavy atom. The van der Waals surface area contributed by atoms with Crippen LogP contribution in [0, 0.1) is 0 Å². The Labute approximate surface area is 118 Å². The standard InChI is InChI=1S/C13H18F2N2O.ClH/c1-10-8-17(7-6-16-10)9-11-2-4-12(5-3-11)18-13(14)15;/h2-5,10,13,16H,6-9H2,1H3;1H. The average Bonchev–Trinajstić information content (AvgIpc) is 2.31. The third-order valence-corrected chi connectivity index (χ3v) is 3.01. The summed E-state index contributed by atoms with van der Waals surface area (Å²) in [7, 11) is 0. The molecule has 1 aromatic rings. The molecular formula is C13H19ClF2N2O. The van der Waals surface area contributed by atoms with E-state index < -0.39 is 6.61 Å². The molecule has 1 heterocycles. The summed E-state index contributed by atoms with van der Waals surface area (Å²) in [6, 6.07) is 7.36. The maximum Gasteiger partial charge on any atom is 0.387 e. The molecule has 3 nitrogen and oxygen atoms in total. The van der Waals surface area contributed by atoms with Crippen LogP contribution >= 0.6 is 12.4 Å². The Bertz CT molecular complexity index is 375. The molecule has 1 aliphatic heterocycles. The number of nitrogens with zero attached hydrogens (tertiary/aromatic N) is 1. The van der Waals surface area contributed by atoms with Crippen molar-refractivity contribution in [2.75, 3.05) is 19.6 Å². The minimum absolute atomic E-state index is 0. The van der Waals surface area contributed by atoms with Crippen LogP contribution < -0.4 is 10.1 Å². The van der Waals surface area contributed by atoms with Gasteiger partial charge in [-0.1, -0.05) is 12.1 Å². The zero-order valence-corrected chi connectivity index (χ0v) is 11.6. The smallest absolute Gasteiger partial charge is 0.387 e. The van der Waals surface area contributed by atoms with E-state index >= 15 is 0 Å². The van der Waals surface area contributed by atoms with Crippen LogP contribution in [0.25, 0.3) is 0 Å². The molecule has 0 aromatic heterocycles. The molecule has 0 spiro atoms. The highest BCUT2D eigenvalue weighted by Crippen LogP contribution is 2.16. The summed E-state index contributed by atoms with van der Waals surface area (Å²) in [5.41, 5.74) is 1.12. The molecule has 1 fully saturated rings. The summed E-state index contributed by atoms with van der Waals surface area (Å²) in [5, 5.41) is 3.38. The second kappa shape index (κ2) is 7.62. The van der Waals surface area contributed by atoms with Crippen LogP contribution in [0.3, 0.4) is 0 Å². The SMILES string of the molecule is CC1CN(Cc2ccc(OC(F)F)cc2)CCN1.Cl. The maximum absolute atomic E-state index is 12.0. The van der Waals surface area contributed by atoms with E-state index in [9.17, 15) is 8.78 Å². The lowest BCUT2D eigenvalue weighted by molar-refractivity contribution is -0.0498. The van der Waals surface area contributed by atoms with Gasteiger partial charge in [0.15, 0.2) is 0 Å². The van der Waals surface area contributed by atoms with Gasteiger partial charge < -0.3 is 10.1 Å². The molecule has 1 aromatic carbocycles. The average molecular weight is 293 g/mol. The van der Waals surface area contributed by atoms with Gasteiger partial charge in [-0.3, -0.25) is 4.90 Å². The molecule has 19 heavy (non-hydrogen) atoms. The fourth-order valence-electron chi connectivity index (χ4n) is 2.19. The van der Waals surface area contributed by atoms with E-state index in [0.717, 1.165) is 31.7 Å². The fraction of sp³-hybridized carbons (Fsp3) is 0.538. The van der Waals surface area contributed by atoms with E-state index in [2.05, 4.69) is 21.9 Å². The molecule has 1 unspecified atom stereocenters. The predicted octanol–water partition coefficient (Wildman–Crippen LogP) is 2.50. The zero-order chi connectivity index (χ0) is 13.0. The van der Waals surface area contributed by atoms with Gasteiger partial charge in [0.2, 0.25) is 0 Å². The highest BCUT2D eigenvalue weighted by molar-refractivity contribution is 5.85. The Balaban J connectivity index is 0.00000180. The number of halogens is 3. The molecule has 2 rings (SSSR count). The summed E-state index contributed by atoms with van der Waals surface area (Å²) < 4.78 is 28.3. The van der Waals surface area contributed by atoms with Crippen LogP contribution in [0.4, 0.5) is 8.78 Å². The number of nitrogens with one attached hydrogen (secondary N) is 1. The lowest BCUT2D eigenvalue weighted by Gasteiger charge is -2.31. The highest BCUT2D eigenvalue weighted by atomic mass is 35.5. The minimum atomic E-state index is -2.76. The van der Waals surface area contributed by atoms with E-state index in [0.29, 0.717) is 6.04 Å².